The molecule has 21 heavy (non-hydrogen) atoms. The van der Waals surface area contributed by atoms with Crippen molar-refractivity contribution in [3.8, 4) is 5.75 Å². The fourth-order valence-corrected chi connectivity index (χ4v) is 1.87. The highest BCUT2D eigenvalue weighted by molar-refractivity contribution is 5.77. The minimum absolute atomic E-state index is 0.00141. The van der Waals surface area contributed by atoms with Crippen molar-refractivity contribution >= 4 is 5.91 Å². The number of amides is 1. The van der Waals surface area contributed by atoms with Crippen molar-refractivity contribution in [1.29, 1.82) is 0 Å². The Kier molecular flexibility index (Phi) is 7.15. The number of carbonyl (C=O) groups is 1. The predicted octanol–water partition coefficient (Wildman–Crippen LogP) is 1.82. The van der Waals surface area contributed by atoms with Crippen LogP contribution in [0, 0.1) is 12.8 Å². The molecule has 5 heteroatoms. The molecule has 1 atom stereocenters. The number of pyridine rings is 1. The number of carbonyl (C=O) groups excluding carboxylic acids is 1. The summed E-state index contributed by atoms with van der Waals surface area (Å²) in [7, 11) is 0. The first-order valence-electron chi connectivity index (χ1n) is 7.50. The molecule has 0 aliphatic carbocycles. The summed E-state index contributed by atoms with van der Waals surface area (Å²) < 4.78 is 5.58. The molecule has 1 unspecified atom stereocenters. The van der Waals surface area contributed by atoms with Crippen LogP contribution in [0.3, 0.4) is 0 Å². The summed E-state index contributed by atoms with van der Waals surface area (Å²) in [5, 5.41) is 2.85. The molecular weight excluding hydrogens is 266 g/mol. The van der Waals surface area contributed by atoms with Gasteiger partial charge >= 0.3 is 0 Å². The van der Waals surface area contributed by atoms with Crippen LogP contribution in [-0.2, 0) is 11.2 Å². The number of aryl methyl sites for hydroxylation is 1. The average molecular weight is 293 g/mol. The van der Waals surface area contributed by atoms with Gasteiger partial charge in [-0.05, 0) is 38.3 Å². The molecule has 0 fully saturated rings. The van der Waals surface area contributed by atoms with E-state index in [4.69, 9.17) is 10.5 Å². The third-order valence-electron chi connectivity index (χ3n) is 2.99. The second-order valence-corrected chi connectivity index (χ2v) is 5.90. The Morgan fingerprint density at radius 2 is 2.10 bits per heavy atom. The first kappa shape index (κ1) is 17.4. The highest BCUT2D eigenvalue weighted by Crippen LogP contribution is 2.18. The maximum atomic E-state index is 11.7. The molecule has 1 heterocycles. The Morgan fingerprint density at radius 1 is 1.38 bits per heavy atom. The standard InChI is InChI=1S/C16H27N3O2/c1-11(2)7-8-18-16(20)10-21-15-6-5-13(4)19-14(15)9-12(3)17/h5-6,11-12H,7-10,17H2,1-4H3,(H,18,20). The summed E-state index contributed by atoms with van der Waals surface area (Å²) in [6.07, 6.45) is 1.60. The van der Waals surface area contributed by atoms with E-state index in [1.54, 1.807) is 0 Å². The van der Waals surface area contributed by atoms with Crippen LogP contribution in [0.1, 0.15) is 38.6 Å². The van der Waals surface area contributed by atoms with Gasteiger partial charge in [0.25, 0.3) is 5.91 Å². The van der Waals surface area contributed by atoms with Crippen LogP contribution in [0.2, 0.25) is 0 Å². The van der Waals surface area contributed by atoms with Crippen LogP contribution in [0.25, 0.3) is 0 Å². The molecule has 1 rings (SSSR count). The van der Waals surface area contributed by atoms with Crippen LogP contribution in [0.4, 0.5) is 0 Å². The maximum absolute atomic E-state index is 11.7. The summed E-state index contributed by atoms with van der Waals surface area (Å²) in [5.41, 5.74) is 7.54. The highest BCUT2D eigenvalue weighted by atomic mass is 16.5. The zero-order chi connectivity index (χ0) is 15.8. The van der Waals surface area contributed by atoms with Crippen molar-refractivity contribution in [3.05, 3.63) is 23.5 Å². The minimum Gasteiger partial charge on any atom is -0.482 e. The summed E-state index contributed by atoms with van der Waals surface area (Å²) in [4.78, 5) is 16.2. The highest BCUT2D eigenvalue weighted by Gasteiger charge is 2.10. The number of nitrogens with two attached hydrogens (primary N) is 1. The number of aromatic nitrogens is 1. The third-order valence-corrected chi connectivity index (χ3v) is 2.99. The molecule has 0 radical (unpaired) electrons. The third kappa shape index (κ3) is 7.09. The normalized spacial score (nSPS) is 12.3. The van der Waals surface area contributed by atoms with Gasteiger partial charge in [0.15, 0.2) is 6.61 Å². The van der Waals surface area contributed by atoms with Gasteiger partial charge in [0.1, 0.15) is 5.75 Å². The SMILES string of the molecule is Cc1ccc(OCC(=O)NCCC(C)C)c(CC(C)N)n1. The van der Waals surface area contributed by atoms with E-state index < -0.39 is 0 Å². The van der Waals surface area contributed by atoms with Gasteiger partial charge in [-0.3, -0.25) is 9.78 Å². The summed E-state index contributed by atoms with van der Waals surface area (Å²) in [5.74, 6) is 1.10. The van der Waals surface area contributed by atoms with Crippen molar-refractivity contribution in [1.82, 2.24) is 10.3 Å². The second-order valence-electron chi connectivity index (χ2n) is 5.90. The molecule has 118 valence electrons. The molecular formula is C16H27N3O2. The van der Waals surface area contributed by atoms with Gasteiger partial charge in [0.05, 0.1) is 5.69 Å². The summed E-state index contributed by atoms with van der Waals surface area (Å²) in [6, 6.07) is 3.72. The quantitative estimate of drug-likeness (QED) is 0.766. The molecule has 0 bridgehead atoms. The molecule has 0 aromatic carbocycles. The Labute approximate surface area is 127 Å². The van der Waals surface area contributed by atoms with E-state index in [0.29, 0.717) is 24.6 Å². The minimum atomic E-state index is -0.108. The lowest BCUT2D eigenvalue weighted by Gasteiger charge is -2.13. The van der Waals surface area contributed by atoms with E-state index in [2.05, 4.69) is 24.1 Å². The van der Waals surface area contributed by atoms with Gasteiger partial charge in [-0.25, -0.2) is 0 Å². The fourth-order valence-electron chi connectivity index (χ4n) is 1.87. The van der Waals surface area contributed by atoms with Gasteiger partial charge in [0.2, 0.25) is 0 Å². The first-order valence-corrected chi connectivity index (χ1v) is 7.50. The lowest BCUT2D eigenvalue weighted by Crippen LogP contribution is -2.30. The van der Waals surface area contributed by atoms with Crippen molar-refractivity contribution in [2.45, 2.75) is 46.6 Å². The molecule has 1 amide bonds. The molecule has 0 aliphatic heterocycles. The van der Waals surface area contributed by atoms with Crippen LogP contribution in [0.15, 0.2) is 12.1 Å². The predicted molar refractivity (Wildman–Crippen MR) is 84.3 cm³/mol. The van der Waals surface area contributed by atoms with Crippen molar-refractivity contribution in [3.63, 3.8) is 0 Å². The zero-order valence-corrected chi connectivity index (χ0v) is 13.5. The van der Waals surface area contributed by atoms with Gasteiger partial charge in [-0.15, -0.1) is 0 Å². The fraction of sp³-hybridized carbons (Fsp3) is 0.625. The van der Waals surface area contributed by atoms with Crippen LogP contribution < -0.4 is 15.8 Å². The second kappa shape index (κ2) is 8.62. The Bertz CT molecular complexity index is 459. The molecule has 0 aliphatic rings. The number of rotatable bonds is 8. The number of hydrogen-bond donors (Lipinski definition) is 2. The molecule has 0 saturated carbocycles. The van der Waals surface area contributed by atoms with E-state index in [9.17, 15) is 4.79 Å². The van der Waals surface area contributed by atoms with Crippen molar-refractivity contribution < 1.29 is 9.53 Å². The molecule has 1 aromatic rings. The lowest BCUT2D eigenvalue weighted by molar-refractivity contribution is -0.123. The van der Waals surface area contributed by atoms with E-state index in [-0.39, 0.29) is 18.6 Å². The van der Waals surface area contributed by atoms with Gasteiger partial charge in [-0.1, -0.05) is 13.8 Å². The zero-order valence-electron chi connectivity index (χ0n) is 13.5. The van der Waals surface area contributed by atoms with Gasteiger partial charge in [0, 0.05) is 24.7 Å². The van der Waals surface area contributed by atoms with Gasteiger partial charge < -0.3 is 15.8 Å². The smallest absolute Gasteiger partial charge is 0.257 e. The average Bonchev–Trinajstić information content (AvgIpc) is 2.36. The Balaban J connectivity index is 2.52. The van der Waals surface area contributed by atoms with Crippen LogP contribution in [-0.4, -0.2) is 30.1 Å². The van der Waals surface area contributed by atoms with E-state index in [0.717, 1.165) is 17.8 Å². The molecule has 1 aromatic heterocycles. The van der Waals surface area contributed by atoms with E-state index >= 15 is 0 Å². The number of nitrogens with zero attached hydrogens (tertiary/aromatic N) is 1. The first-order chi connectivity index (χ1) is 9.88. The van der Waals surface area contributed by atoms with Gasteiger partial charge in [-0.2, -0.15) is 0 Å². The summed E-state index contributed by atoms with van der Waals surface area (Å²) in [6.45, 7) is 8.79. The van der Waals surface area contributed by atoms with E-state index in [1.165, 1.54) is 0 Å². The number of hydrogen-bond acceptors (Lipinski definition) is 4. The lowest BCUT2D eigenvalue weighted by atomic mass is 10.1. The number of nitrogens with one attached hydrogen (secondary N) is 1. The van der Waals surface area contributed by atoms with E-state index in [1.807, 2.05) is 26.0 Å². The van der Waals surface area contributed by atoms with Crippen LogP contribution in [0.5, 0.6) is 5.75 Å². The topological polar surface area (TPSA) is 77.2 Å². The number of ether oxygens (including phenoxy) is 1. The molecule has 0 saturated heterocycles. The van der Waals surface area contributed by atoms with Crippen molar-refractivity contribution in [2.75, 3.05) is 13.2 Å². The van der Waals surface area contributed by atoms with Crippen molar-refractivity contribution in [2.24, 2.45) is 11.7 Å². The Hall–Kier alpha value is -1.62. The monoisotopic (exact) mass is 293 g/mol. The van der Waals surface area contributed by atoms with Crippen LogP contribution >= 0.6 is 0 Å². The molecule has 0 spiro atoms. The largest absolute Gasteiger partial charge is 0.482 e. The summed E-state index contributed by atoms with van der Waals surface area (Å²) >= 11 is 0. The Morgan fingerprint density at radius 3 is 2.71 bits per heavy atom. The maximum Gasteiger partial charge on any atom is 0.257 e. The molecule has 5 nitrogen and oxygen atoms in total. The molecule has 3 N–H and O–H groups in total.